The lowest BCUT2D eigenvalue weighted by atomic mass is 10.1. The number of nitrogens with one attached hydrogen (secondary N) is 1. The number of likely N-dealkylation sites (tertiary alicyclic amines) is 1. The summed E-state index contributed by atoms with van der Waals surface area (Å²) in [5.41, 5.74) is 4.59. The van der Waals surface area contributed by atoms with Gasteiger partial charge in [-0.25, -0.2) is 0 Å². The average Bonchev–Trinajstić information content (AvgIpc) is 3.54. The Bertz CT molecular complexity index is 1170. The number of hydrogen-bond acceptors (Lipinski definition) is 6. The summed E-state index contributed by atoms with van der Waals surface area (Å²) in [7, 11) is 1.67. The Morgan fingerprint density at radius 2 is 1.80 bits per heavy atom. The fourth-order valence-corrected chi connectivity index (χ4v) is 5.82. The molecule has 7 nitrogen and oxygen atoms in total. The zero-order chi connectivity index (χ0) is 24.2. The van der Waals surface area contributed by atoms with E-state index in [0.29, 0.717) is 0 Å². The van der Waals surface area contributed by atoms with E-state index in [-0.39, 0.29) is 17.7 Å². The van der Waals surface area contributed by atoms with Gasteiger partial charge >= 0.3 is 0 Å². The van der Waals surface area contributed by atoms with E-state index in [0.717, 1.165) is 54.0 Å². The fourth-order valence-electron chi connectivity index (χ4n) is 5.06. The molecule has 1 aliphatic heterocycles. The number of methoxy groups -OCH3 is 1. The first kappa shape index (κ1) is 23.9. The second-order valence-electron chi connectivity index (χ2n) is 9.32. The van der Waals surface area contributed by atoms with Crippen molar-refractivity contribution in [2.45, 2.75) is 56.6 Å². The number of aromatic nitrogens is 3. The van der Waals surface area contributed by atoms with Crippen LogP contribution in [0.2, 0.25) is 0 Å². The summed E-state index contributed by atoms with van der Waals surface area (Å²) in [5.74, 6) is 1.93. The second-order valence-corrected chi connectivity index (χ2v) is 10.3. The summed E-state index contributed by atoms with van der Waals surface area (Å²) in [6.07, 6.45) is 7.14. The Morgan fingerprint density at radius 1 is 1.03 bits per heavy atom. The molecule has 0 saturated carbocycles. The summed E-state index contributed by atoms with van der Waals surface area (Å²) in [6, 6.07) is 14.3. The van der Waals surface area contributed by atoms with Gasteiger partial charge in [0.05, 0.1) is 18.9 Å². The van der Waals surface area contributed by atoms with Gasteiger partial charge in [-0.05, 0) is 99.6 Å². The van der Waals surface area contributed by atoms with Crippen molar-refractivity contribution in [3.05, 3.63) is 59.4 Å². The van der Waals surface area contributed by atoms with Gasteiger partial charge in [0.2, 0.25) is 5.91 Å². The average molecular weight is 492 g/mol. The van der Waals surface area contributed by atoms with E-state index in [4.69, 9.17) is 4.74 Å². The van der Waals surface area contributed by atoms with E-state index in [1.165, 1.54) is 48.6 Å². The van der Waals surface area contributed by atoms with E-state index in [1.54, 1.807) is 7.11 Å². The highest BCUT2D eigenvalue weighted by Gasteiger charge is 2.26. The molecule has 1 aromatic heterocycles. The first-order chi connectivity index (χ1) is 17.1. The number of hydrogen-bond donors (Lipinski definition) is 1. The fraction of sp³-hybridized carbons (Fsp3) is 0.444. The van der Waals surface area contributed by atoms with E-state index in [2.05, 4.69) is 44.0 Å². The van der Waals surface area contributed by atoms with Crippen LogP contribution in [-0.2, 0) is 17.6 Å². The van der Waals surface area contributed by atoms with Crippen LogP contribution >= 0.6 is 11.8 Å². The monoisotopic (exact) mass is 491 g/mol. The lowest BCUT2D eigenvalue weighted by Gasteiger charge is -2.31. The van der Waals surface area contributed by atoms with Gasteiger partial charge in [0.15, 0.2) is 11.0 Å². The molecule has 184 valence electrons. The summed E-state index contributed by atoms with van der Waals surface area (Å²) in [4.78, 5) is 15.3. The molecule has 8 heteroatoms. The molecule has 1 amide bonds. The number of amides is 1. The predicted octanol–water partition coefficient (Wildman–Crippen LogP) is 5.04. The highest BCUT2D eigenvalue weighted by atomic mass is 32.2. The van der Waals surface area contributed by atoms with Crippen LogP contribution in [0.3, 0.4) is 0 Å². The smallest absolute Gasteiger partial charge is 0.234 e. The van der Waals surface area contributed by atoms with Gasteiger partial charge in [-0.3, -0.25) is 14.3 Å². The van der Waals surface area contributed by atoms with Crippen LogP contribution in [0.1, 0.15) is 55.6 Å². The number of benzene rings is 2. The minimum atomic E-state index is -0.0390. The molecule has 1 N–H and O–H groups in total. The number of piperidine rings is 1. The first-order valence-electron chi connectivity index (χ1n) is 12.5. The molecule has 0 bridgehead atoms. The Morgan fingerprint density at radius 3 is 2.57 bits per heavy atom. The number of nitrogens with zero attached hydrogens (tertiary/aromatic N) is 4. The number of ether oxygens (including phenoxy) is 1. The molecule has 1 aliphatic carbocycles. The van der Waals surface area contributed by atoms with Crippen molar-refractivity contribution in [2.75, 3.05) is 31.3 Å². The molecule has 2 aromatic carbocycles. The Hall–Kier alpha value is -2.84. The van der Waals surface area contributed by atoms with E-state index in [9.17, 15) is 4.79 Å². The molecule has 1 atom stereocenters. The van der Waals surface area contributed by atoms with Crippen molar-refractivity contribution in [1.29, 1.82) is 0 Å². The number of carbonyl (C=O) groups is 1. The van der Waals surface area contributed by atoms with Crippen molar-refractivity contribution in [3.63, 3.8) is 0 Å². The highest BCUT2D eigenvalue weighted by molar-refractivity contribution is 7.99. The lowest BCUT2D eigenvalue weighted by Crippen LogP contribution is -2.33. The van der Waals surface area contributed by atoms with Gasteiger partial charge in [0.25, 0.3) is 0 Å². The number of anilines is 1. The molecule has 1 unspecified atom stereocenters. The molecule has 1 fully saturated rings. The topological polar surface area (TPSA) is 72.3 Å². The number of fused-ring (bicyclic) bond motifs is 1. The van der Waals surface area contributed by atoms with Crippen molar-refractivity contribution in [1.82, 2.24) is 19.7 Å². The van der Waals surface area contributed by atoms with Gasteiger partial charge < -0.3 is 10.1 Å². The van der Waals surface area contributed by atoms with Crippen molar-refractivity contribution < 1.29 is 9.53 Å². The van der Waals surface area contributed by atoms with Gasteiger partial charge in [0, 0.05) is 11.4 Å². The quantitative estimate of drug-likeness (QED) is 0.445. The van der Waals surface area contributed by atoms with Crippen molar-refractivity contribution in [2.24, 2.45) is 0 Å². The molecule has 0 spiro atoms. The first-order valence-corrected chi connectivity index (χ1v) is 13.5. The molecule has 35 heavy (non-hydrogen) atoms. The van der Waals surface area contributed by atoms with Crippen LogP contribution in [-0.4, -0.2) is 51.5 Å². The maximum absolute atomic E-state index is 12.8. The molecule has 2 aliphatic rings. The molecule has 3 aromatic rings. The highest BCUT2D eigenvalue weighted by Crippen LogP contribution is 2.30. The number of aryl methyl sites for hydroxylation is 2. The van der Waals surface area contributed by atoms with Crippen LogP contribution in [0, 0.1) is 0 Å². The van der Waals surface area contributed by atoms with Crippen LogP contribution < -0.4 is 10.1 Å². The van der Waals surface area contributed by atoms with Crippen LogP contribution in [0.15, 0.2) is 47.6 Å². The SMILES string of the molecule is COc1ccc(-n2c(SCC(=O)Nc3ccc4c(c3)CCC4)nnc2C(C)N2CCCCC2)cc1. The maximum Gasteiger partial charge on any atom is 0.234 e. The second kappa shape index (κ2) is 10.8. The van der Waals surface area contributed by atoms with Gasteiger partial charge in [0.1, 0.15) is 5.75 Å². The number of carbonyl (C=O) groups excluding carboxylic acids is 1. The molecule has 5 rings (SSSR count). The van der Waals surface area contributed by atoms with Gasteiger partial charge in [-0.15, -0.1) is 10.2 Å². The van der Waals surface area contributed by atoms with E-state index >= 15 is 0 Å². The van der Waals surface area contributed by atoms with E-state index in [1.807, 2.05) is 30.3 Å². The summed E-state index contributed by atoms with van der Waals surface area (Å²) < 4.78 is 7.44. The lowest BCUT2D eigenvalue weighted by molar-refractivity contribution is -0.113. The zero-order valence-corrected chi connectivity index (χ0v) is 21.3. The summed E-state index contributed by atoms with van der Waals surface area (Å²) in [5, 5.41) is 12.9. The summed E-state index contributed by atoms with van der Waals surface area (Å²) >= 11 is 1.42. The third-order valence-corrected chi connectivity index (χ3v) is 7.94. The van der Waals surface area contributed by atoms with Crippen LogP contribution in [0.5, 0.6) is 5.75 Å². The predicted molar refractivity (Wildman–Crippen MR) is 140 cm³/mol. The molecule has 1 saturated heterocycles. The largest absolute Gasteiger partial charge is 0.497 e. The van der Waals surface area contributed by atoms with Crippen LogP contribution in [0.25, 0.3) is 5.69 Å². The number of rotatable bonds is 8. The standard InChI is InChI=1S/C27H33N5O2S/c1-19(31-15-4-3-5-16-31)26-29-30-27(32(26)23-11-13-24(34-2)14-12-23)35-18-25(33)28-22-10-9-20-7-6-8-21(20)17-22/h9-14,17,19H,3-8,15-16,18H2,1-2H3,(H,28,33). The minimum Gasteiger partial charge on any atom is -0.497 e. The van der Waals surface area contributed by atoms with Crippen molar-refractivity contribution in [3.8, 4) is 11.4 Å². The molecule has 2 heterocycles. The molecular formula is C27H33N5O2S. The Kier molecular flexibility index (Phi) is 7.39. The number of thioether (sulfide) groups is 1. The van der Waals surface area contributed by atoms with Crippen molar-refractivity contribution >= 4 is 23.4 Å². The van der Waals surface area contributed by atoms with Gasteiger partial charge in [-0.2, -0.15) is 0 Å². The third kappa shape index (κ3) is 5.38. The van der Waals surface area contributed by atoms with E-state index < -0.39 is 0 Å². The zero-order valence-electron chi connectivity index (χ0n) is 20.5. The Labute approximate surface area is 211 Å². The summed E-state index contributed by atoms with van der Waals surface area (Å²) in [6.45, 7) is 4.34. The molecular weight excluding hydrogens is 458 g/mol. The van der Waals surface area contributed by atoms with Gasteiger partial charge in [-0.1, -0.05) is 24.2 Å². The Balaban J connectivity index is 1.34. The third-order valence-electron chi connectivity index (χ3n) is 7.02. The maximum atomic E-state index is 12.8. The van der Waals surface area contributed by atoms with Crippen LogP contribution in [0.4, 0.5) is 5.69 Å². The molecule has 0 radical (unpaired) electrons. The normalized spacial score (nSPS) is 16.6. The minimum absolute atomic E-state index is 0.0390.